The van der Waals surface area contributed by atoms with Crippen molar-refractivity contribution in [2.75, 3.05) is 5.32 Å². The SMILES string of the molecule is O=C(Nc1cnccc1-c1ccc(F)cc1)c1ccnc(C(=O)NC2CC2)c1. The van der Waals surface area contributed by atoms with Crippen molar-refractivity contribution in [1.82, 2.24) is 15.3 Å². The molecule has 0 spiro atoms. The van der Waals surface area contributed by atoms with Gasteiger partial charge < -0.3 is 10.6 Å². The smallest absolute Gasteiger partial charge is 0.270 e. The molecule has 2 aromatic heterocycles. The number of carbonyl (C=O) groups excluding carboxylic acids is 2. The summed E-state index contributed by atoms with van der Waals surface area (Å²) >= 11 is 0. The third kappa shape index (κ3) is 4.03. The van der Waals surface area contributed by atoms with Crippen LogP contribution in [-0.4, -0.2) is 27.8 Å². The van der Waals surface area contributed by atoms with Gasteiger partial charge in [-0.15, -0.1) is 0 Å². The Morgan fingerprint density at radius 1 is 1.00 bits per heavy atom. The van der Waals surface area contributed by atoms with Gasteiger partial charge in [-0.1, -0.05) is 12.1 Å². The third-order valence-electron chi connectivity index (χ3n) is 4.39. The van der Waals surface area contributed by atoms with Crippen molar-refractivity contribution in [3.63, 3.8) is 0 Å². The van der Waals surface area contributed by atoms with Gasteiger partial charge in [-0.05, 0) is 48.7 Å². The predicted octanol–water partition coefficient (Wildman–Crippen LogP) is 3.43. The lowest BCUT2D eigenvalue weighted by atomic mass is 10.1. The Kier molecular flexibility index (Phi) is 4.80. The molecule has 4 rings (SSSR count). The van der Waals surface area contributed by atoms with Crippen molar-refractivity contribution in [1.29, 1.82) is 0 Å². The van der Waals surface area contributed by atoms with Crippen LogP contribution in [0.5, 0.6) is 0 Å². The minimum Gasteiger partial charge on any atom is -0.348 e. The number of rotatable bonds is 5. The number of benzene rings is 1. The molecule has 0 aliphatic heterocycles. The van der Waals surface area contributed by atoms with E-state index in [0.29, 0.717) is 16.8 Å². The number of hydrogen-bond acceptors (Lipinski definition) is 4. The van der Waals surface area contributed by atoms with E-state index in [-0.39, 0.29) is 29.4 Å². The molecule has 1 saturated carbocycles. The fourth-order valence-corrected chi connectivity index (χ4v) is 2.75. The van der Waals surface area contributed by atoms with Gasteiger partial charge in [-0.3, -0.25) is 19.6 Å². The predicted molar refractivity (Wildman–Crippen MR) is 102 cm³/mol. The minimum atomic E-state index is -0.390. The monoisotopic (exact) mass is 376 g/mol. The van der Waals surface area contributed by atoms with Gasteiger partial charge in [0.05, 0.1) is 11.9 Å². The molecule has 1 aliphatic rings. The standard InChI is InChI=1S/C21H17FN4O2/c22-15-3-1-13(2-4-15)17-8-9-23-12-19(17)26-20(27)14-7-10-24-18(11-14)21(28)25-16-5-6-16/h1-4,7-12,16H,5-6H2,(H,25,28)(H,26,27). The molecule has 28 heavy (non-hydrogen) atoms. The fourth-order valence-electron chi connectivity index (χ4n) is 2.75. The molecule has 3 aromatic rings. The largest absolute Gasteiger partial charge is 0.348 e. The van der Waals surface area contributed by atoms with Gasteiger partial charge >= 0.3 is 0 Å². The van der Waals surface area contributed by atoms with E-state index >= 15 is 0 Å². The first-order valence-electron chi connectivity index (χ1n) is 8.88. The maximum absolute atomic E-state index is 13.2. The second-order valence-electron chi connectivity index (χ2n) is 6.56. The van der Waals surface area contributed by atoms with Gasteiger partial charge in [0.15, 0.2) is 0 Å². The number of hydrogen-bond donors (Lipinski definition) is 2. The van der Waals surface area contributed by atoms with E-state index in [2.05, 4.69) is 20.6 Å². The number of carbonyl (C=O) groups is 2. The van der Waals surface area contributed by atoms with Crippen molar-refractivity contribution in [2.24, 2.45) is 0 Å². The van der Waals surface area contributed by atoms with Crippen LogP contribution < -0.4 is 10.6 Å². The lowest BCUT2D eigenvalue weighted by Gasteiger charge is -2.11. The first-order chi connectivity index (χ1) is 13.6. The molecule has 1 aromatic carbocycles. The highest BCUT2D eigenvalue weighted by Gasteiger charge is 2.24. The summed E-state index contributed by atoms with van der Waals surface area (Å²) in [6, 6.07) is 10.9. The molecule has 7 heteroatoms. The molecule has 0 radical (unpaired) electrons. The van der Waals surface area contributed by atoms with E-state index in [1.165, 1.54) is 36.7 Å². The van der Waals surface area contributed by atoms with E-state index in [1.807, 2.05) is 0 Å². The Labute approximate surface area is 160 Å². The van der Waals surface area contributed by atoms with Gasteiger partial charge in [0, 0.05) is 29.6 Å². The number of halogens is 1. The van der Waals surface area contributed by atoms with Crippen LogP contribution >= 0.6 is 0 Å². The van der Waals surface area contributed by atoms with Gasteiger partial charge in [0.1, 0.15) is 11.5 Å². The Balaban J connectivity index is 1.56. The third-order valence-corrected chi connectivity index (χ3v) is 4.39. The van der Waals surface area contributed by atoms with Crippen molar-refractivity contribution in [3.05, 3.63) is 78.1 Å². The lowest BCUT2D eigenvalue weighted by molar-refractivity contribution is 0.0946. The quantitative estimate of drug-likeness (QED) is 0.715. The number of pyridine rings is 2. The first-order valence-corrected chi connectivity index (χ1v) is 8.88. The minimum absolute atomic E-state index is 0.199. The average molecular weight is 376 g/mol. The van der Waals surface area contributed by atoms with Crippen molar-refractivity contribution in [3.8, 4) is 11.1 Å². The number of anilines is 1. The number of nitrogens with one attached hydrogen (secondary N) is 2. The molecule has 0 saturated heterocycles. The summed E-state index contributed by atoms with van der Waals surface area (Å²) in [5.74, 6) is -1.01. The van der Waals surface area contributed by atoms with Gasteiger partial charge in [-0.25, -0.2) is 4.39 Å². The average Bonchev–Trinajstić information content (AvgIpc) is 3.53. The van der Waals surface area contributed by atoms with Gasteiger partial charge in [0.25, 0.3) is 11.8 Å². The van der Waals surface area contributed by atoms with E-state index in [1.54, 1.807) is 24.4 Å². The normalized spacial score (nSPS) is 13.0. The van der Waals surface area contributed by atoms with Crippen molar-refractivity contribution < 1.29 is 14.0 Å². The summed E-state index contributed by atoms with van der Waals surface area (Å²) in [6.07, 6.45) is 6.50. The number of amides is 2. The number of nitrogens with zero attached hydrogens (tertiary/aromatic N) is 2. The summed E-state index contributed by atoms with van der Waals surface area (Å²) in [6.45, 7) is 0. The second-order valence-corrected chi connectivity index (χ2v) is 6.56. The highest BCUT2D eigenvalue weighted by Crippen LogP contribution is 2.27. The molecule has 2 N–H and O–H groups in total. The van der Waals surface area contributed by atoms with Crippen LogP contribution in [-0.2, 0) is 0 Å². The zero-order valence-electron chi connectivity index (χ0n) is 14.9. The summed E-state index contributed by atoms with van der Waals surface area (Å²) in [4.78, 5) is 32.9. The summed E-state index contributed by atoms with van der Waals surface area (Å²) in [5, 5.41) is 5.65. The Morgan fingerprint density at radius 3 is 2.54 bits per heavy atom. The van der Waals surface area contributed by atoms with Crippen molar-refractivity contribution in [2.45, 2.75) is 18.9 Å². The van der Waals surface area contributed by atoms with Crippen LogP contribution in [0, 0.1) is 5.82 Å². The van der Waals surface area contributed by atoms with E-state index in [0.717, 1.165) is 18.4 Å². The maximum atomic E-state index is 13.2. The number of aromatic nitrogens is 2. The highest BCUT2D eigenvalue weighted by atomic mass is 19.1. The second kappa shape index (κ2) is 7.56. The van der Waals surface area contributed by atoms with Crippen molar-refractivity contribution >= 4 is 17.5 Å². The fraction of sp³-hybridized carbons (Fsp3) is 0.143. The molecule has 2 amide bonds. The van der Waals surface area contributed by atoms with E-state index < -0.39 is 0 Å². The molecule has 1 fully saturated rings. The summed E-state index contributed by atoms with van der Waals surface area (Å²) < 4.78 is 13.2. The molecule has 0 atom stereocenters. The topological polar surface area (TPSA) is 84.0 Å². The van der Waals surface area contributed by atoms with E-state index in [4.69, 9.17) is 0 Å². The molecule has 6 nitrogen and oxygen atoms in total. The Hall–Kier alpha value is -3.61. The van der Waals surface area contributed by atoms with Gasteiger partial charge in [0.2, 0.25) is 0 Å². The van der Waals surface area contributed by atoms with Crippen LogP contribution in [0.25, 0.3) is 11.1 Å². The van der Waals surface area contributed by atoms with Crippen LogP contribution in [0.2, 0.25) is 0 Å². The van der Waals surface area contributed by atoms with Crippen LogP contribution in [0.3, 0.4) is 0 Å². The Morgan fingerprint density at radius 2 is 1.79 bits per heavy atom. The van der Waals surface area contributed by atoms with Gasteiger partial charge in [-0.2, -0.15) is 0 Å². The molecule has 0 bridgehead atoms. The van der Waals surface area contributed by atoms with Crippen LogP contribution in [0.4, 0.5) is 10.1 Å². The summed E-state index contributed by atoms with van der Waals surface area (Å²) in [7, 11) is 0. The van der Waals surface area contributed by atoms with Crippen LogP contribution in [0.1, 0.15) is 33.7 Å². The molecule has 0 unspecified atom stereocenters. The first kappa shape index (κ1) is 17.8. The molecule has 1 aliphatic carbocycles. The highest BCUT2D eigenvalue weighted by molar-refractivity contribution is 6.07. The lowest BCUT2D eigenvalue weighted by Crippen LogP contribution is -2.26. The maximum Gasteiger partial charge on any atom is 0.270 e. The van der Waals surface area contributed by atoms with Crippen LogP contribution in [0.15, 0.2) is 61.1 Å². The molecular formula is C21H17FN4O2. The van der Waals surface area contributed by atoms with E-state index in [9.17, 15) is 14.0 Å². The molecule has 2 heterocycles. The Bertz CT molecular complexity index is 1030. The zero-order valence-corrected chi connectivity index (χ0v) is 14.9. The zero-order chi connectivity index (χ0) is 19.5. The molecular weight excluding hydrogens is 359 g/mol. The summed E-state index contributed by atoms with van der Waals surface area (Å²) in [5.41, 5.74) is 2.46. The molecule has 140 valence electrons.